The Morgan fingerprint density at radius 3 is 2.47 bits per heavy atom. The van der Waals surface area contributed by atoms with E-state index in [4.69, 9.17) is 10.00 Å². The summed E-state index contributed by atoms with van der Waals surface area (Å²) in [5, 5.41) is 9.16. The van der Waals surface area contributed by atoms with Crippen LogP contribution in [0.15, 0.2) is 18.2 Å². The van der Waals surface area contributed by atoms with Crippen LogP contribution in [0.3, 0.4) is 0 Å². The van der Waals surface area contributed by atoms with Gasteiger partial charge in [-0.05, 0) is 24.0 Å². The number of nitrogens with zero attached hydrogens (tertiary/aromatic N) is 2. The number of hydrogen-bond acceptors (Lipinski definition) is 3. The van der Waals surface area contributed by atoms with Crippen LogP contribution >= 0.6 is 0 Å². The Hall–Kier alpha value is -1.69. The summed E-state index contributed by atoms with van der Waals surface area (Å²) >= 11 is 0. The Balaban J connectivity index is 2.34. The van der Waals surface area contributed by atoms with E-state index < -0.39 is 0 Å². The van der Waals surface area contributed by atoms with Crippen molar-refractivity contribution in [3.63, 3.8) is 0 Å². The smallest absolute Gasteiger partial charge is 0.121 e. The molecule has 0 N–H and O–H groups in total. The molecule has 1 fully saturated rings. The van der Waals surface area contributed by atoms with Gasteiger partial charge >= 0.3 is 0 Å². The van der Waals surface area contributed by atoms with Crippen LogP contribution in [0.4, 0.5) is 5.69 Å². The number of anilines is 1. The maximum absolute atomic E-state index is 9.16. The molecule has 3 heteroatoms. The van der Waals surface area contributed by atoms with Gasteiger partial charge in [0.1, 0.15) is 11.8 Å². The standard InChI is InChI=1S/C14H18N2O/c1-10-8-16(9-11(10)2)14-6-13(17-3)5-4-12(14)7-15/h4-6,10-11H,8-9H2,1-3H3. The normalized spacial score (nSPS) is 23.5. The van der Waals surface area contributed by atoms with Crippen molar-refractivity contribution in [3.8, 4) is 11.8 Å². The van der Waals surface area contributed by atoms with Gasteiger partial charge in [0.2, 0.25) is 0 Å². The van der Waals surface area contributed by atoms with E-state index in [0.717, 1.165) is 30.1 Å². The summed E-state index contributed by atoms with van der Waals surface area (Å²) in [4.78, 5) is 2.29. The summed E-state index contributed by atoms with van der Waals surface area (Å²) in [6.07, 6.45) is 0. The van der Waals surface area contributed by atoms with Gasteiger partial charge in [-0.2, -0.15) is 5.26 Å². The largest absolute Gasteiger partial charge is 0.497 e. The molecule has 0 radical (unpaired) electrons. The van der Waals surface area contributed by atoms with Crippen LogP contribution in [-0.4, -0.2) is 20.2 Å². The summed E-state index contributed by atoms with van der Waals surface area (Å²) in [6, 6.07) is 7.89. The summed E-state index contributed by atoms with van der Waals surface area (Å²) in [5.74, 6) is 2.16. The Morgan fingerprint density at radius 1 is 1.29 bits per heavy atom. The molecular formula is C14H18N2O. The van der Waals surface area contributed by atoms with E-state index in [0.29, 0.717) is 11.8 Å². The van der Waals surface area contributed by atoms with Crippen molar-refractivity contribution >= 4 is 5.69 Å². The van der Waals surface area contributed by atoms with E-state index in [9.17, 15) is 0 Å². The van der Waals surface area contributed by atoms with Crippen LogP contribution in [0.25, 0.3) is 0 Å². The molecule has 1 aliphatic heterocycles. The fourth-order valence-electron chi connectivity index (χ4n) is 2.32. The lowest BCUT2D eigenvalue weighted by Crippen LogP contribution is -2.20. The summed E-state index contributed by atoms with van der Waals surface area (Å²) in [7, 11) is 1.65. The second-order valence-corrected chi connectivity index (χ2v) is 4.85. The Kier molecular flexibility index (Phi) is 3.23. The molecule has 17 heavy (non-hydrogen) atoms. The van der Waals surface area contributed by atoms with Gasteiger partial charge in [-0.3, -0.25) is 0 Å². The molecule has 1 heterocycles. The van der Waals surface area contributed by atoms with E-state index in [-0.39, 0.29) is 0 Å². The first-order valence-electron chi connectivity index (χ1n) is 5.98. The van der Waals surface area contributed by atoms with Gasteiger partial charge in [-0.15, -0.1) is 0 Å². The van der Waals surface area contributed by atoms with Gasteiger partial charge in [-0.1, -0.05) is 13.8 Å². The monoisotopic (exact) mass is 230 g/mol. The molecule has 0 aromatic heterocycles. The van der Waals surface area contributed by atoms with Crippen molar-refractivity contribution in [1.82, 2.24) is 0 Å². The van der Waals surface area contributed by atoms with Crippen molar-refractivity contribution in [2.75, 3.05) is 25.1 Å². The molecule has 0 spiro atoms. The minimum Gasteiger partial charge on any atom is -0.497 e. The van der Waals surface area contributed by atoms with Crippen LogP contribution in [0.5, 0.6) is 5.75 Å². The molecule has 2 unspecified atom stereocenters. The van der Waals surface area contributed by atoms with Crippen LogP contribution < -0.4 is 9.64 Å². The number of ether oxygens (including phenoxy) is 1. The van der Waals surface area contributed by atoms with Gasteiger partial charge in [-0.25, -0.2) is 0 Å². The van der Waals surface area contributed by atoms with Crippen molar-refractivity contribution in [1.29, 1.82) is 5.26 Å². The lowest BCUT2D eigenvalue weighted by Gasteiger charge is -2.20. The lowest BCUT2D eigenvalue weighted by atomic mass is 10.0. The van der Waals surface area contributed by atoms with E-state index in [2.05, 4.69) is 24.8 Å². The molecule has 0 amide bonds. The first kappa shape index (κ1) is 11.8. The van der Waals surface area contributed by atoms with Gasteiger partial charge in [0.15, 0.2) is 0 Å². The average molecular weight is 230 g/mol. The number of nitriles is 1. The first-order chi connectivity index (χ1) is 8.15. The number of methoxy groups -OCH3 is 1. The SMILES string of the molecule is COc1ccc(C#N)c(N2CC(C)C(C)C2)c1. The van der Waals surface area contributed by atoms with E-state index >= 15 is 0 Å². The Bertz CT molecular complexity index is 440. The molecule has 2 atom stereocenters. The predicted molar refractivity (Wildman–Crippen MR) is 68.3 cm³/mol. The third-order valence-corrected chi connectivity index (χ3v) is 3.65. The highest BCUT2D eigenvalue weighted by molar-refractivity contribution is 5.62. The van der Waals surface area contributed by atoms with E-state index in [1.807, 2.05) is 18.2 Å². The highest BCUT2D eigenvalue weighted by Gasteiger charge is 2.27. The van der Waals surface area contributed by atoms with Crippen molar-refractivity contribution in [3.05, 3.63) is 23.8 Å². The number of benzene rings is 1. The minimum atomic E-state index is 0.674. The van der Waals surface area contributed by atoms with Crippen molar-refractivity contribution < 1.29 is 4.74 Å². The van der Waals surface area contributed by atoms with E-state index in [1.165, 1.54) is 0 Å². The molecule has 3 nitrogen and oxygen atoms in total. The molecular weight excluding hydrogens is 212 g/mol. The highest BCUT2D eigenvalue weighted by atomic mass is 16.5. The minimum absolute atomic E-state index is 0.674. The maximum Gasteiger partial charge on any atom is 0.121 e. The summed E-state index contributed by atoms with van der Waals surface area (Å²) < 4.78 is 5.23. The fourth-order valence-corrected chi connectivity index (χ4v) is 2.32. The molecule has 0 bridgehead atoms. The molecule has 1 aromatic carbocycles. The maximum atomic E-state index is 9.16. The van der Waals surface area contributed by atoms with Crippen LogP contribution in [0.2, 0.25) is 0 Å². The third kappa shape index (κ3) is 2.21. The lowest BCUT2D eigenvalue weighted by molar-refractivity contribution is 0.415. The quantitative estimate of drug-likeness (QED) is 0.783. The third-order valence-electron chi connectivity index (χ3n) is 3.65. The second kappa shape index (κ2) is 4.67. The van der Waals surface area contributed by atoms with Crippen LogP contribution in [0, 0.1) is 23.2 Å². The fraction of sp³-hybridized carbons (Fsp3) is 0.500. The zero-order chi connectivity index (χ0) is 12.4. The van der Waals surface area contributed by atoms with Crippen LogP contribution in [0.1, 0.15) is 19.4 Å². The Morgan fingerprint density at radius 2 is 1.94 bits per heavy atom. The number of hydrogen-bond donors (Lipinski definition) is 0. The van der Waals surface area contributed by atoms with E-state index in [1.54, 1.807) is 7.11 Å². The first-order valence-corrected chi connectivity index (χ1v) is 5.98. The van der Waals surface area contributed by atoms with Gasteiger partial charge in [0.05, 0.1) is 18.4 Å². The predicted octanol–water partition coefficient (Wildman–Crippen LogP) is 2.66. The topological polar surface area (TPSA) is 36.3 Å². The second-order valence-electron chi connectivity index (χ2n) is 4.85. The molecule has 2 rings (SSSR count). The number of rotatable bonds is 2. The molecule has 0 saturated carbocycles. The van der Waals surface area contributed by atoms with Gasteiger partial charge in [0.25, 0.3) is 0 Å². The molecule has 1 saturated heterocycles. The summed E-state index contributed by atoms with van der Waals surface area (Å²) in [6.45, 7) is 6.56. The Labute approximate surface area is 103 Å². The zero-order valence-corrected chi connectivity index (χ0v) is 10.6. The molecule has 90 valence electrons. The highest BCUT2D eigenvalue weighted by Crippen LogP contribution is 2.32. The average Bonchev–Trinajstić information content (AvgIpc) is 2.68. The molecule has 0 aliphatic carbocycles. The molecule has 1 aromatic rings. The van der Waals surface area contributed by atoms with Gasteiger partial charge in [0, 0.05) is 19.2 Å². The molecule has 1 aliphatic rings. The zero-order valence-electron chi connectivity index (χ0n) is 10.6. The van der Waals surface area contributed by atoms with Crippen molar-refractivity contribution in [2.45, 2.75) is 13.8 Å². The van der Waals surface area contributed by atoms with Crippen molar-refractivity contribution in [2.24, 2.45) is 11.8 Å². The van der Waals surface area contributed by atoms with Crippen LogP contribution in [-0.2, 0) is 0 Å². The van der Waals surface area contributed by atoms with Gasteiger partial charge < -0.3 is 9.64 Å². The summed E-state index contributed by atoms with van der Waals surface area (Å²) in [5.41, 5.74) is 1.73.